The Bertz CT molecular complexity index is 502. The second-order valence-corrected chi connectivity index (χ2v) is 4.23. The molecule has 2 aromatic rings. The van der Waals surface area contributed by atoms with E-state index in [0.717, 1.165) is 37.4 Å². The van der Waals surface area contributed by atoms with Crippen LogP contribution in [-0.2, 0) is 11.2 Å². The van der Waals surface area contributed by atoms with Gasteiger partial charge in [0.25, 0.3) is 0 Å². The molecular weight excluding hydrogens is 204 g/mol. The minimum Gasteiger partial charge on any atom is -0.382 e. The van der Waals surface area contributed by atoms with Gasteiger partial charge in [0.1, 0.15) is 5.82 Å². The Labute approximate surface area is 93.2 Å². The molecule has 3 rings (SSSR count). The molecular formula is C11H14N4O. The molecule has 3 heterocycles. The van der Waals surface area contributed by atoms with Crippen molar-refractivity contribution >= 4 is 11.5 Å². The second-order valence-electron chi connectivity index (χ2n) is 4.23. The highest BCUT2D eigenvalue weighted by atomic mass is 16.5. The van der Waals surface area contributed by atoms with Crippen LogP contribution in [0, 0.1) is 5.92 Å². The van der Waals surface area contributed by atoms with E-state index in [1.54, 1.807) is 10.6 Å². The lowest BCUT2D eigenvalue weighted by Gasteiger charge is -2.02. The first kappa shape index (κ1) is 9.59. The molecule has 1 aliphatic rings. The normalized spacial score (nSPS) is 20.6. The zero-order chi connectivity index (χ0) is 11.0. The van der Waals surface area contributed by atoms with E-state index in [0.29, 0.717) is 11.7 Å². The summed E-state index contributed by atoms with van der Waals surface area (Å²) < 4.78 is 7.09. The molecule has 1 aliphatic heterocycles. The summed E-state index contributed by atoms with van der Waals surface area (Å²) in [5, 5.41) is 4.17. The molecule has 2 N–H and O–H groups in total. The highest BCUT2D eigenvalue weighted by molar-refractivity contribution is 5.42. The van der Waals surface area contributed by atoms with Gasteiger partial charge in [0, 0.05) is 13.2 Å². The van der Waals surface area contributed by atoms with Crippen molar-refractivity contribution in [1.82, 2.24) is 14.6 Å². The van der Waals surface area contributed by atoms with E-state index in [-0.39, 0.29) is 0 Å². The van der Waals surface area contributed by atoms with Crippen molar-refractivity contribution in [2.75, 3.05) is 18.9 Å². The molecule has 5 nitrogen and oxygen atoms in total. The standard InChI is InChI=1S/C11H14N4O/c12-10-1-2-11-13-9(6-15(11)14-10)5-8-3-4-16-7-8/h1-2,6,8H,3-5,7H2,(H2,12,14). The monoisotopic (exact) mass is 218 g/mol. The second kappa shape index (κ2) is 3.75. The van der Waals surface area contributed by atoms with E-state index >= 15 is 0 Å². The van der Waals surface area contributed by atoms with E-state index in [9.17, 15) is 0 Å². The highest BCUT2D eigenvalue weighted by Gasteiger charge is 2.17. The number of nitrogens with two attached hydrogens (primary N) is 1. The van der Waals surface area contributed by atoms with E-state index in [1.165, 1.54) is 0 Å². The third-order valence-electron chi connectivity index (χ3n) is 2.91. The van der Waals surface area contributed by atoms with Crippen molar-refractivity contribution in [1.29, 1.82) is 0 Å². The van der Waals surface area contributed by atoms with Gasteiger partial charge in [-0.2, -0.15) is 0 Å². The summed E-state index contributed by atoms with van der Waals surface area (Å²) in [5.74, 6) is 1.11. The molecule has 1 fully saturated rings. The molecule has 0 spiro atoms. The molecule has 0 bridgehead atoms. The first-order chi connectivity index (χ1) is 7.81. The SMILES string of the molecule is Nc1ccc2nc(CC3CCOC3)cn2n1. The van der Waals surface area contributed by atoms with E-state index < -0.39 is 0 Å². The number of nitrogen functional groups attached to an aromatic ring is 1. The molecule has 16 heavy (non-hydrogen) atoms. The molecule has 0 radical (unpaired) electrons. The Hall–Kier alpha value is -1.62. The zero-order valence-corrected chi connectivity index (χ0v) is 8.97. The maximum absolute atomic E-state index is 5.62. The van der Waals surface area contributed by atoms with E-state index in [2.05, 4.69) is 10.1 Å². The fraction of sp³-hybridized carbons (Fsp3) is 0.455. The number of ether oxygens (including phenoxy) is 1. The van der Waals surface area contributed by atoms with Crippen LogP contribution in [-0.4, -0.2) is 27.8 Å². The van der Waals surface area contributed by atoms with Crippen LogP contribution in [0.25, 0.3) is 5.65 Å². The predicted octanol–water partition coefficient (Wildman–Crippen LogP) is 0.890. The number of fused-ring (bicyclic) bond motifs is 1. The van der Waals surface area contributed by atoms with Gasteiger partial charge in [-0.05, 0) is 30.9 Å². The van der Waals surface area contributed by atoms with Crippen molar-refractivity contribution in [2.24, 2.45) is 5.92 Å². The fourth-order valence-electron chi connectivity index (χ4n) is 2.08. The maximum Gasteiger partial charge on any atom is 0.153 e. The fourth-order valence-corrected chi connectivity index (χ4v) is 2.08. The molecule has 0 aliphatic carbocycles. The topological polar surface area (TPSA) is 65.4 Å². The van der Waals surface area contributed by atoms with Crippen LogP contribution in [0.1, 0.15) is 12.1 Å². The van der Waals surface area contributed by atoms with Gasteiger partial charge in [0.15, 0.2) is 5.65 Å². The lowest BCUT2D eigenvalue weighted by Crippen LogP contribution is -2.03. The van der Waals surface area contributed by atoms with E-state index in [1.807, 2.05) is 12.3 Å². The van der Waals surface area contributed by atoms with Crippen LogP contribution >= 0.6 is 0 Å². The number of rotatable bonds is 2. The minimum atomic E-state index is 0.514. The molecule has 84 valence electrons. The Morgan fingerprint density at radius 3 is 3.25 bits per heavy atom. The Morgan fingerprint density at radius 1 is 1.50 bits per heavy atom. The van der Waals surface area contributed by atoms with Gasteiger partial charge in [0.2, 0.25) is 0 Å². The van der Waals surface area contributed by atoms with Crippen molar-refractivity contribution < 1.29 is 4.74 Å². The number of hydrogen-bond donors (Lipinski definition) is 1. The van der Waals surface area contributed by atoms with Gasteiger partial charge in [-0.1, -0.05) is 0 Å². The van der Waals surface area contributed by atoms with Crippen LogP contribution in [0.3, 0.4) is 0 Å². The van der Waals surface area contributed by atoms with Crippen molar-refractivity contribution in [2.45, 2.75) is 12.8 Å². The van der Waals surface area contributed by atoms with Crippen molar-refractivity contribution in [3.8, 4) is 0 Å². The largest absolute Gasteiger partial charge is 0.382 e. The summed E-state index contributed by atoms with van der Waals surface area (Å²) in [4.78, 5) is 4.51. The quantitative estimate of drug-likeness (QED) is 0.813. The van der Waals surface area contributed by atoms with Gasteiger partial charge in [0.05, 0.1) is 11.9 Å². The molecule has 0 aromatic carbocycles. The van der Waals surface area contributed by atoms with E-state index in [4.69, 9.17) is 10.5 Å². The Balaban J connectivity index is 1.86. The zero-order valence-electron chi connectivity index (χ0n) is 8.97. The lowest BCUT2D eigenvalue weighted by atomic mass is 10.0. The Morgan fingerprint density at radius 2 is 2.44 bits per heavy atom. The van der Waals surface area contributed by atoms with Crippen LogP contribution in [0.5, 0.6) is 0 Å². The number of nitrogens with zero attached hydrogens (tertiary/aromatic N) is 3. The summed E-state index contributed by atoms with van der Waals surface area (Å²) >= 11 is 0. The first-order valence-electron chi connectivity index (χ1n) is 5.50. The Kier molecular flexibility index (Phi) is 2.25. The van der Waals surface area contributed by atoms with Crippen molar-refractivity contribution in [3.05, 3.63) is 24.0 Å². The number of aromatic nitrogens is 3. The van der Waals surface area contributed by atoms with Crippen LogP contribution in [0.15, 0.2) is 18.3 Å². The molecule has 0 amide bonds. The maximum atomic E-state index is 5.62. The van der Waals surface area contributed by atoms with Gasteiger partial charge in [-0.25, -0.2) is 9.50 Å². The number of hydrogen-bond acceptors (Lipinski definition) is 4. The van der Waals surface area contributed by atoms with Crippen LogP contribution in [0.4, 0.5) is 5.82 Å². The molecule has 0 saturated carbocycles. The minimum absolute atomic E-state index is 0.514. The summed E-state index contributed by atoms with van der Waals surface area (Å²) in [6, 6.07) is 3.65. The smallest absolute Gasteiger partial charge is 0.153 e. The van der Waals surface area contributed by atoms with Gasteiger partial charge in [-0.3, -0.25) is 0 Å². The third kappa shape index (κ3) is 1.74. The predicted molar refractivity (Wildman–Crippen MR) is 60.0 cm³/mol. The molecule has 1 unspecified atom stereocenters. The first-order valence-corrected chi connectivity index (χ1v) is 5.50. The summed E-state index contributed by atoms with van der Waals surface area (Å²) in [6.45, 7) is 1.73. The average Bonchev–Trinajstić information content (AvgIpc) is 2.86. The molecule has 2 aromatic heterocycles. The van der Waals surface area contributed by atoms with Gasteiger partial charge in [-0.15, -0.1) is 5.10 Å². The summed E-state index contributed by atoms with van der Waals surface area (Å²) in [5.41, 5.74) is 7.53. The summed E-state index contributed by atoms with van der Waals surface area (Å²) in [6.07, 6.45) is 4.04. The van der Waals surface area contributed by atoms with Crippen LogP contribution < -0.4 is 5.73 Å². The van der Waals surface area contributed by atoms with Crippen LogP contribution in [0.2, 0.25) is 0 Å². The lowest BCUT2D eigenvalue weighted by molar-refractivity contribution is 0.185. The molecule has 1 saturated heterocycles. The number of imidazole rings is 1. The van der Waals surface area contributed by atoms with Gasteiger partial charge < -0.3 is 10.5 Å². The van der Waals surface area contributed by atoms with Gasteiger partial charge >= 0.3 is 0 Å². The van der Waals surface area contributed by atoms with Crippen molar-refractivity contribution in [3.63, 3.8) is 0 Å². The highest BCUT2D eigenvalue weighted by Crippen LogP contribution is 2.18. The average molecular weight is 218 g/mol. The third-order valence-corrected chi connectivity index (χ3v) is 2.91. The molecule has 1 atom stereocenters. The molecule has 5 heteroatoms. The summed E-state index contributed by atoms with van der Waals surface area (Å²) in [7, 11) is 0. The number of anilines is 1.